The van der Waals surface area contributed by atoms with Gasteiger partial charge in [0.25, 0.3) is 0 Å². The monoisotopic (exact) mass is 666 g/mol. The highest BCUT2D eigenvalue weighted by atomic mass is 35.5. The number of nitrogens with zero attached hydrogens (tertiary/aromatic N) is 2. The van der Waals surface area contributed by atoms with Crippen molar-refractivity contribution >= 4 is 35.1 Å². The summed E-state index contributed by atoms with van der Waals surface area (Å²) in [7, 11) is 2.83. The minimum absolute atomic E-state index is 0.0917. The number of fused-ring (bicyclic) bond motifs is 4. The summed E-state index contributed by atoms with van der Waals surface area (Å²) in [5.74, 6) is -1.44. The molecule has 252 valence electrons. The SMILES string of the molecule is COC(=O)[C@@]1(O)CC(=O)N(C)CC/C=C\[C@H](OCC(=O)O)[C@@H]2CC[C@H]2CN2C[C@@]3(CCCc4cc(Cl)ccc43)COc3ccc1cc32. The van der Waals surface area contributed by atoms with Crippen LogP contribution in [-0.4, -0.2) is 86.1 Å². The van der Waals surface area contributed by atoms with Gasteiger partial charge in [-0.25, -0.2) is 9.59 Å². The van der Waals surface area contributed by atoms with Crippen molar-refractivity contribution < 1.29 is 38.8 Å². The average Bonchev–Trinajstić information content (AvgIpc) is 3.19. The van der Waals surface area contributed by atoms with E-state index in [9.17, 15) is 24.6 Å². The number of benzene rings is 2. The van der Waals surface area contributed by atoms with E-state index in [0.29, 0.717) is 43.4 Å². The molecule has 1 spiro atoms. The largest absolute Gasteiger partial charge is 0.490 e. The molecule has 6 rings (SSSR count). The summed E-state index contributed by atoms with van der Waals surface area (Å²) in [5.41, 5.74) is 0.854. The molecule has 0 aromatic heterocycles. The molecule has 2 heterocycles. The third-order valence-corrected chi connectivity index (χ3v) is 10.8. The molecule has 47 heavy (non-hydrogen) atoms. The van der Waals surface area contributed by atoms with Gasteiger partial charge in [-0.2, -0.15) is 0 Å². The molecule has 0 unspecified atom stereocenters. The molecule has 4 aliphatic rings. The summed E-state index contributed by atoms with van der Waals surface area (Å²) in [5, 5.41) is 22.0. The predicted octanol–water partition coefficient (Wildman–Crippen LogP) is 4.48. The Morgan fingerprint density at radius 3 is 2.74 bits per heavy atom. The first-order valence-electron chi connectivity index (χ1n) is 16.4. The van der Waals surface area contributed by atoms with E-state index < -0.39 is 36.5 Å². The number of esters is 1. The van der Waals surface area contributed by atoms with Gasteiger partial charge in [0.1, 0.15) is 12.4 Å². The van der Waals surface area contributed by atoms with Crippen molar-refractivity contribution in [3.05, 3.63) is 70.3 Å². The van der Waals surface area contributed by atoms with Gasteiger partial charge in [-0.3, -0.25) is 4.79 Å². The molecule has 2 aliphatic heterocycles. The lowest BCUT2D eigenvalue weighted by Gasteiger charge is -2.46. The summed E-state index contributed by atoms with van der Waals surface area (Å²) < 4.78 is 17.6. The maximum Gasteiger partial charge on any atom is 0.343 e. The smallest absolute Gasteiger partial charge is 0.343 e. The Balaban J connectivity index is 1.45. The zero-order chi connectivity index (χ0) is 33.3. The first-order chi connectivity index (χ1) is 22.5. The van der Waals surface area contributed by atoms with Crippen LogP contribution in [0.1, 0.15) is 55.2 Å². The number of hydrogen-bond acceptors (Lipinski definition) is 8. The van der Waals surface area contributed by atoms with Crippen LogP contribution < -0.4 is 9.64 Å². The highest BCUT2D eigenvalue weighted by molar-refractivity contribution is 6.30. The van der Waals surface area contributed by atoms with E-state index >= 15 is 0 Å². The van der Waals surface area contributed by atoms with Crippen molar-refractivity contribution in [1.82, 2.24) is 4.90 Å². The number of methoxy groups -OCH3 is 1. The number of carbonyl (C=O) groups is 3. The summed E-state index contributed by atoms with van der Waals surface area (Å²) >= 11 is 6.42. The van der Waals surface area contributed by atoms with Gasteiger partial charge in [-0.1, -0.05) is 35.9 Å². The number of halogens is 1. The van der Waals surface area contributed by atoms with Crippen molar-refractivity contribution in [3.8, 4) is 5.75 Å². The van der Waals surface area contributed by atoms with Gasteiger partial charge in [-0.15, -0.1) is 0 Å². The van der Waals surface area contributed by atoms with Gasteiger partial charge < -0.3 is 34.2 Å². The fourth-order valence-electron chi connectivity index (χ4n) is 7.84. The van der Waals surface area contributed by atoms with E-state index in [1.54, 1.807) is 25.2 Å². The second kappa shape index (κ2) is 13.5. The van der Waals surface area contributed by atoms with E-state index in [1.165, 1.54) is 23.1 Å². The molecule has 2 N–H and O–H groups in total. The van der Waals surface area contributed by atoms with Crippen molar-refractivity contribution in [2.75, 3.05) is 51.9 Å². The third kappa shape index (κ3) is 6.60. The first kappa shape index (κ1) is 33.3. The number of anilines is 1. The number of carboxylic acid groups (broad SMARTS) is 1. The van der Waals surface area contributed by atoms with E-state index in [4.69, 9.17) is 25.8 Å². The number of hydrogen-bond donors (Lipinski definition) is 2. The number of aliphatic carboxylic acids is 1. The molecule has 10 nitrogen and oxygen atoms in total. The van der Waals surface area contributed by atoms with Crippen LogP contribution in [0.2, 0.25) is 5.02 Å². The number of aliphatic hydroxyl groups is 1. The first-order valence-corrected chi connectivity index (χ1v) is 16.8. The second-order valence-electron chi connectivity index (χ2n) is 13.5. The van der Waals surface area contributed by atoms with E-state index in [1.807, 2.05) is 24.3 Å². The summed E-state index contributed by atoms with van der Waals surface area (Å²) in [6.07, 6.45) is 8.12. The standard InChI is InChI=1S/C36H43ClN2O8/c1-38-15-4-3-7-30(46-20-33(41)42)27-11-8-24(27)19-39-21-35(14-5-6-23-16-26(37)10-12-28(23)35)22-47-31-13-9-25(17-29(31)39)36(44,18-32(38)40)34(43)45-2/h3,7,9-10,12-13,16-17,24,27,30,44H,4-6,8,11,14-15,18-22H2,1-2H3,(H,41,42)/b7-3-/t24-,27+,30-,35-,36+/m0/s1. The Labute approximate surface area is 280 Å². The quantitative estimate of drug-likeness (QED) is 0.359. The normalized spacial score (nSPS) is 29.9. The van der Waals surface area contributed by atoms with Gasteiger partial charge in [0.05, 0.1) is 31.9 Å². The van der Waals surface area contributed by atoms with Crippen LogP contribution in [0.5, 0.6) is 5.75 Å². The predicted molar refractivity (Wildman–Crippen MR) is 176 cm³/mol. The average molecular weight is 667 g/mol. The summed E-state index contributed by atoms with van der Waals surface area (Å²) in [6, 6.07) is 11.3. The highest BCUT2D eigenvalue weighted by Gasteiger charge is 2.47. The van der Waals surface area contributed by atoms with Crippen LogP contribution in [0.25, 0.3) is 0 Å². The molecule has 2 aromatic rings. The zero-order valence-electron chi connectivity index (χ0n) is 27.0. The number of carbonyl (C=O) groups excluding carboxylic acids is 2. The van der Waals surface area contributed by atoms with Crippen LogP contribution in [-0.2, 0) is 41.3 Å². The van der Waals surface area contributed by atoms with Crippen molar-refractivity contribution in [2.45, 2.75) is 62.1 Å². The minimum Gasteiger partial charge on any atom is -0.490 e. The van der Waals surface area contributed by atoms with Crippen LogP contribution in [0.4, 0.5) is 5.69 Å². The van der Waals surface area contributed by atoms with Crippen LogP contribution in [0, 0.1) is 11.8 Å². The Morgan fingerprint density at radius 1 is 1.17 bits per heavy atom. The Bertz CT molecular complexity index is 1560. The molecule has 11 heteroatoms. The van der Waals surface area contributed by atoms with Gasteiger partial charge in [0, 0.05) is 37.1 Å². The van der Waals surface area contributed by atoms with Crippen molar-refractivity contribution in [3.63, 3.8) is 0 Å². The molecule has 1 fully saturated rings. The molecule has 5 atom stereocenters. The zero-order valence-corrected chi connectivity index (χ0v) is 27.7. The Morgan fingerprint density at radius 2 is 2.00 bits per heavy atom. The van der Waals surface area contributed by atoms with Crippen molar-refractivity contribution in [1.29, 1.82) is 0 Å². The molecule has 2 aromatic carbocycles. The van der Waals surface area contributed by atoms with Crippen molar-refractivity contribution in [2.24, 2.45) is 11.8 Å². The highest BCUT2D eigenvalue weighted by Crippen LogP contribution is 2.48. The number of carboxylic acids is 1. The number of rotatable bonds is 4. The molecular formula is C36H43ClN2O8. The molecule has 0 saturated heterocycles. The maximum atomic E-state index is 13.4. The lowest BCUT2D eigenvalue weighted by molar-refractivity contribution is -0.168. The number of amides is 1. The minimum atomic E-state index is -2.21. The fraction of sp³-hybridized carbons (Fsp3) is 0.528. The Kier molecular flexibility index (Phi) is 9.56. The van der Waals surface area contributed by atoms with Crippen LogP contribution in [0.15, 0.2) is 48.6 Å². The molecule has 1 amide bonds. The third-order valence-electron chi connectivity index (χ3n) is 10.6. The summed E-state index contributed by atoms with van der Waals surface area (Å²) in [4.78, 5) is 41.8. The van der Waals surface area contributed by atoms with Gasteiger partial charge in [0.15, 0.2) is 5.60 Å². The van der Waals surface area contributed by atoms with E-state index in [-0.39, 0.29) is 28.9 Å². The molecule has 2 bridgehead atoms. The second-order valence-corrected chi connectivity index (χ2v) is 14.0. The van der Waals surface area contributed by atoms with E-state index in [2.05, 4.69) is 11.0 Å². The van der Waals surface area contributed by atoms with Crippen LogP contribution in [0.3, 0.4) is 0 Å². The number of aryl methyl sites for hydroxylation is 1. The Hall–Kier alpha value is -3.60. The maximum absolute atomic E-state index is 13.4. The lowest BCUT2D eigenvalue weighted by Crippen LogP contribution is -2.50. The topological polar surface area (TPSA) is 126 Å². The number of ether oxygens (including phenoxy) is 3. The van der Waals surface area contributed by atoms with Gasteiger partial charge >= 0.3 is 11.9 Å². The fourth-order valence-corrected chi connectivity index (χ4v) is 8.03. The summed E-state index contributed by atoms with van der Waals surface area (Å²) in [6.45, 7) is 1.64. The van der Waals surface area contributed by atoms with Crippen LogP contribution >= 0.6 is 11.6 Å². The molecule has 0 radical (unpaired) electrons. The van der Waals surface area contributed by atoms with Gasteiger partial charge in [0.2, 0.25) is 5.91 Å². The lowest BCUT2D eigenvalue weighted by atomic mass is 9.68. The molecular weight excluding hydrogens is 624 g/mol. The molecule has 1 saturated carbocycles. The molecule has 2 aliphatic carbocycles. The van der Waals surface area contributed by atoms with E-state index in [0.717, 1.165) is 37.8 Å². The van der Waals surface area contributed by atoms with Gasteiger partial charge in [-0.05, 0) is 91.3 Å².